The lowest BCUT2D eigenvalue weighted by Gasteiger charge is -2.33. The van der Waals surface area contributed by atoms with Gasteiger partial charge in [-0.15, -0.1) is 0 Å². The molecule has 3 rings (SSSR count). The van der Waals surface area contributed by atoms with E-state index in [9.17, 15) is 9.59 Å². The predicted octanol–water partition coefficient (Wildman–Crippen LogP) is 1.34. The number of anilines is 1. The maximum absolute atomic E-state index is 12.7. The van der Waals surface area contributed by atoms with E-state index in [2.05, 4.69) is 15.5 Å². The lowest BCUT2D eigenvalue weighted by molar-refractivity contribution is -0.121. The van der Waals surface area contributed by atoms with Crippen LogP contribution in [0.25, 0.3) is 0 Å². The molecule has 1 aromatic heterocycles. The van der Waals surface area contributed by atoms with Crippen LogP contribution in [-0.2, 0) is 4.79 Å². The summed E-state index contributed by atoms with van der Waals surface area (Å²) in [6.07, 6.45) is 2.92. The summed E-state index contributed by atoms with van der Waals surface area (Å²) in [6, 6.07) is 8.39. The molecule has 1 aromatic carbocycles. The first-order valence-electron chi connectivity index (χ1n) is 7.45. The van der Waals surface area contributed by atoms with Crippen LogP contribution in [0.3, 0.4) is 0 Å². The lowest BCUT2D eigenvalue weighted by Crippen LogP contribution is -2.52. The maximum atomic E-state index is 12.7. The number of nitrogens with zero attached hydrogens (tertiary/aromatic N) is 2. The summed E-state index contributed by atoms with van der Waals surface area (Å²) >= 11 is 0. The standard InChI is InChI=1S/C16H18N4O3/c1-23-14-7-3-2-6-13(14)20-10-4-5-12(16(20)22)18-15(21)11-8-9-17-19-11/h2-3,6-9,12H,4-5,10H2,1H3,(H,17,19)(H,18,21). The van der Waals surface area contributed by atoms with Gasteiger partial charge in [0.1, 0.15) is 17.5 Å². The molecule has 2 aromatic rings. The molecule has 1 saturated heterocycles. The van der Waals surface area contributed by atoms with Crippen molar-refractivity contribution >= 4 is 17.5 Å². The number of ether oxygens (including phenoxy) is 1. The molecule has 23 heavy (non-hydrogen) atoms. The zero-order chi connectivity index (χ0) is 16.2. The highest BCUT2D eigenvalue weighted by Gasteiger charge is 2.32. The number of carbonyl (C=O) groups is 2. The minimum atomic E-state index is -0.551. The summed E-state index contributed by atoms with van der Waals surface area (Å²) in [4.78, 5) is 26.5. The average Bonchev–Trinajstić information content (AvgIpc) is 3.11. The Kier molecular flexibility index (Phi) is 4.27. The van der Waals surface area contributed by atoms with E-state index in [1.54, 1.807) is 18.1 Å². The molecule has 1 fully saturated rings. The van der Waals surface area contributed by atoms with Crippen molar-refractivity contribution in [2.75, 3.05) is 18.6 Å². The van der Waals surface area contributed by atoms with Gasteiger partial charge in [0.05, 0.1) is 12.8 Å². The van der Waals surface area contributed by atoms with E-state index in [4.69, 9.17) is 4.74 Å². The number of H-pyrrole nitrogens is 1. The number of amides is 2. The summed E-state index contributed by atoms with van der Waals surface area (Å²) in [7, 11) is 1.57. The number of hydrogen-bond acceptors (Lipinski definition) is 4. The van der Waals surface area contributed by atoms with Crippen molar-refractivity contribution in [1.29, 1.82) is 0 Å². The molecule has 120 valence electrons. The van der Waals surface area contributed by atoms with Gasteiger partial charge in [-0.3, -0.25) is 14.7 Å². The Balaban J connectivity index is 1.77. The van der Waals surface area contributed by atoms with E-state index in [1.165, 1.54) is 6.20 Å². The fourth-order valence-corrected chi connectivity index (χ4v) is 2.72. The third-order valence-electron chi connectivity index (χ3n) is 3.87. The minimum absolute atomic E-state index is 0.131. The number of benzene rings is 1. The van der Waals surface area contributed by atoms with Gasteiger partial charge in [-0.1, -0.05) is 12.1 Å². The molecule has 0 aliphatic carbocycles. The molecule has 2 amide bonds. The molecule has 0 spiro atoms. The van der Waals surface area contributed by atoms with Gasteiger partial charge in [-0.25, -0.2) is 0 Å². The molecule has 0 saturated carbocycles. The molecular formula is C16H18N4O3. The summed E-state index contributed by atoms with van der Waals surface area (Å²) in [6.45, 7) is 0.607. The van der Waals surface area contributed by atoms with Crippen LogP contribution >= 0.6 is 0 Å². The molecule has 1 atom stereocenters. The molecule has 1 aliphatic heterocycles. The topological polar surface area (TPSA) is 87.3 Å². The summed E-state index contributed by atoms with van der Waals surface area (Å²) < 4.78 is 5.33. The fraction of sp³-hybridized carbons (Fsp3) is 0.312. The molecule has 0 radical (unpaired) electrons. The highest BCUT2D eigenvalue weighted by molar-refractivity contribution is 6.02. The van der Waals surface area contributed by atoms with Crippen molar-refractivity contribution in [3.8, 4) is 5.75 Å². The van der Waals surface area contributed by atoms with Crippen LogP contribution in [0.5, 0.6) is 5.75 Å². The number of piperidine rings is 1. The number of rotatable bonds is 4. The van der Waals surface area contributed by atoms with Crippen molar-refractivity contribution in [1.82, 2.24) is 15.5 Å². The van der Waals surface area contributed by atoms with Crippen LogP contribution in [0, 0.1) is 0 Å². The Hall–Kier alpha value is -2.83. The zero-order valence-corrected chi connectivity index (χ0v) is 12.8. The monoisotopic (exact) mass is 314 g/mol. The van der Waals surface area contributed by atoms with Crippen LogP contribution in [0.1, 0.15) is 23.3 Å². The van der Waals surface area contributed by atoms with Gasteiger partial charge in [0, 0.05) is 12.7 Å². The van der Waals surface area contributed by atoms with Gasteiger partial charge < -0.3 is 15.0 Å². The maximum Gasteiger partial charge on any atom is 0.269 e. The van der Waals surface area contributed by atoms with Crippen molar-refractivity contribution in [3.63, 3.8) is 0 Å². The molecule has 7 heteroatoms. The summed E-state index contributed by atoms with van der Waals surface area (Å²) in [5, 5.41) is 9.10. The molecule has 2 heterocycles. The van der Waals surface area contributed by atoms with Crippen molar-refractivity contribution in [2.24, 2.45) is 0 Å². The molecule has 2 N–H and O–H groups in total. The number of aromatic amines is 1. The smallest absolute Gasteiger partial charge is 0.269 e. The molecule has 0 bridgehead atoms. The normalized spacial score (nSPS) is 17.9. The van der Waals surface area contributed by atoms with Crippen molar-refractivity contribution in [2.45, 2.75) is 18.9 Å². The van der Waals surface area contributed by atoms with Gasteiger partial charge >= 0.3 is 0 Å². The summed E-state index contributed by atoms with van der Waals surface area (Å²) in [5.74, 6) is 0.178. The van der Waals surface area contributed by atoms with E-state index < -0.39 is 6.04 Å². The van der Waals surface area contributed by atoms with Gasteiger partial charge in [0.15, 0.2) is 0 Å². The predicted molar refractivity (Wildman–Crippen MR) is 84.4 cm³/mol. The number of methoxy groups -OCH3 is 1. The van der Waals surface area contributed by atoms with Crippen molar-refractivity contribution in [3.05, 3.63) is 42.2 Å². The lowest BCUT2D eigenvalue weighted by atomic mass is 10.0. The molecule has 1 aliphatic rings. The zero-order valence-electron chi connectivity index (χ0n) is 12.8. The Morgan fingerprint density at radius 2 is 2.22 bits per heavy atom. The second kappa shape index (κ2) is 6.51. The number of para-hydroxylation sites is 2. The molecular weight excluding hydrogens is 296 g/mol. The van der Waals surface area contributed by atoms with E-state index >= 15 is 0 Å². The van der Waals surface area contributed by atoms with E-state index in [0.717, 1.165) is 12.1 Å². The van der Waals surface area contributed by atoms with Gasteiger partial charge in [-0.2, -0.15) is 5.10 Å². The van der Waals surface area contributed by atoms with E-state index in [1.807, 2.05) is 24.3 Å². The first-order chi connectivity index (χ1) is 11.2. The van der Waals surface area contributed by atoms with Crippen LogP contribution in [-0.4, -0.2) is 41.7 Å². The third-order valence-corrected chi connectivity index (χ3v) is 3.87. The van der Waals surface area contributed by atoms with Crippen LogP contribution in [0.2, 0.25) is 0 Å². The Labute approximate surface area is 133 Å². The van der Waals surface area contributed by atoms with Crippen molar-refractivity contribution < 1.29 is 14.3 Å². The largest absolute Gasteiger partial charge is 0.495 e. The van der Waals surface area contributed by atoms with E-state index in [0.29, 0.717) is 24.4 Å². The van der Waals surface area contributed by atoms with Crippen LogP contribution in [0.15, 0.2) is 36.5 Å². The first-order valence-corrected chi connectivity index (χ1v) is 7.45. The van der Waals surface area contributed by atoms with E-state index in [-0.39, 0.29) is 11.8 Å². The molecule has 1 unspecified atom stereocenters. The van der Waals surface area contributed by atoms with Crippen LogP contribution in [0.4, 0.5) is 5.69 Å². The first kappa shape index (κ1) is 15.1. The number of hydrogen-bond donors (Lipinski definition) is 2. The quantitative estimate of drug-likeness (QED) is 0.891. The highest BCUT2D eigenvalue weighted by atomic mass is 16.5. The Morgan fingerprint density at radius 3 is 2.96 bits per heavy atom. The SMILES string of the molecule is COc1ccccc1N1CCCC(NC(=O)c2ccn[nH]2)C1=O. The Morgan fingerprint density at radius 1 is 1.39 bits per heavy atom. The average molecular weight is 314 g/mol. The number of aromatic nitrogens is 2. The van der Waals surface area contributed by atoms with Gasteiger partial charge in [-0.05, 0) is 31.0 Å². The number of nitrogens with one attached hydrogen (secondary N) is 2. The number of carbonyl (C=O) groups excluding carboxylic acids is 2. The fourth-order valence-electron chi connectivity index (χ4n) is 2.72. The van der Waals surface area contributed by atoms with Gasteiger partial charge in [0.25, 0.3) is 5.91 Å². The van der Waals surface area contributed by atoms with Crippen LogP contribution < -0.4 is 15.0 Å². The molecule has 7 nitrogen and oxygen atoms in total. The highest BCUT2D eigenvalue weighted by Crippen LogP contribution is 2.30. The van der Waals surface area contributed by atoms with Gasteiger partial charge in [0.2, 0.25) is 5.91 Å². The third kappa shape index (κ3) is 3.03. The second-order valence-electron chi connectivity index (χ2n) is 5.30. The minimum Gasteiger partial charge on any atom is -0.495 e. The summed E-state index contributed by atoms with van der Waals surface area (Å²) in [5.41, 5.74) is 1.06. The second-order valence-corrected chi connectivity index (χ2v) is 5.30. The Bertz CT molecular complexity index is 699.